The van der Waals surface area contributed by atoms with Crippen molar-refractivity contribution in [2.24, 2.45) is 0 Å². The monoisotopic (exact) mass is 243 g/mol. The minimum atomic E-state index is -0.596. The molecular weight excluding hydrogens is 233 g/mol. The smallest absolute Gasteiger partial charge is 0.167 e. The highest BCUT2D eigenvalue weighted by atomic mass is 35.5. The van der Waals surface area contributed by atoms with E-state index in [9.17, 15) is 4.39 Å². The molecule has 1 aromatic rings. The number of hydrogen-bond acceptors (Lipinski definition) is 4. The Morgan fingerprint density at radius 3 is 2.94 bits per heavy atom. The third-order valence-electron chi connectivity index (χ3n) is 2.04. The van der Waals surface area contributed by atoms with Crippen LogP contribution >= 0.6 is 11.6 Å². The van der Waals surface area contributed by atoms with Gasteiger partial charge in [0.15, 0.2) is 11.6 Å². The van der Waals surface area contributed by atoms with Crippen molar-refractivity contribution in [1.82, 2.24) is 4.98 Å². The Bertz CT molecular complexity index is 419. The molecule has 0 saturated carbocycles. The van der Waals surface area contributed by atoms with E-state index in [2.05, 4.69) is 4.98 Å². The van der Waals surface area contributed by atoms with Crippen molar-refractivity contribution in [3.05, 3.63) is 22.6 Å². The van der Waals surface area contributed by atoms with Gasteiger partial charge in [-0.15, -0.1) is 0 Å². The van der Waals surface area contributed by atoms with Crippen LogP contribution < -0.4 is 4.90 Å². The Kier molecular flexibility index (Phi) is 4.47. The maximum atomic E-state index is 13.5. The molecule has 0 saturated heterocycles. The largest absolute Gasteiger partial charge is 0.396 e. The van der Waals surface area contributed by atoms with Crippen LogP contribution in [0.3, 0.4) is 0 Å². The van der Waals surface area contributed by atoms with E-state index in [1.165, 1.54) is 0 Å². The van der Waals surface area contributed by atoms with Crippen molar-refractivity contribution in [2.75, 3.05) is 25.1 Å². The lowest BCUT2D eigenvalue weighted by Crippen LogP contribution is -2.22. The van der Waals surface area contributed by atoms with Gasteiger partial charge in [-0.3, -0.25) is 0 Å². The molecule has 0 amide bonds. The molecule has 1 heterocycles. The Morgan fingerprint density at radius 2 is 2.38 bits per heavy atom. The van der Waals surface area contributed by atoms with E-state index < -0.39 is 5.82 Å². The summed E-state index contributed by atoms with van der Waals surface area (Å²) in [7, 11) is 1.64. The molecule has 86 valence electrons. The van der Waals surface area contributed by atoms with Crippen LogP contribution in [-0.4, -0.2) is 30.3 Å². The number of hydrogen-bond donors (Lipinski definition) is 1. The predicted molar refractivity (Wildman–Crippen MR) is 58.9 cm³/mol. The lowest BCUT2D eigenvalue weighted by atomic mass is 10.3. The average molecular weight is 244 g/mol. The molecular formula is C10H11ClFN3O. The first-order valence-electron chi connectivity index (χ1n) is 4.68. The van der Waals surface area contributed by atoms with Crippen molar-refractivity contribution in [2.45, 2.75) is 6.42 Å². The summed E-state index contributed by atoms with van der Waals surface area (Å²) >= 11 is 5.70. The Hall–Kier alpha value is -1.38. The number of pyridine rings is 1. The third kappa shape index (κ3) is 2.81. The van der Waals surface area contributed by atoms with E-state index in [0.29, 0.717) is 13.0 Å². The second kappa shape index (κ2) is 5.64. The molecule has 1 rings (SSSR count). The molecule has 4 nitrogen and oxygen atoms in total. The van der Waals surface area contributed by atoms with E-state index in [0.717, 1.165) is 6.07 Å². The van der Waals surface area contributed by atoms with Gasteiger partial charge in [0, 0.05) is 20.2 Å². The molecule has 0 radical (unpaired) electrons. The van der Waals surface area contributed by atoms with Crippen molar-refractivity contribution < 1.29 is 9.50 Å². The van der Waals surface area contributed by atoms with E-state index >= 15 is 0 Å². The fourth-order valence-corrected chi connectivity index (χ4v) is 1.39. The van der Waals surface area contributed by atoms with Crippen LogP contribution in [0, 0.1) is 17.1 Å². The molecule has 16 heavy (non-hydrogen) atoms. The fraction of sp³-hybridized carbons (Fsp3) is 0.400. The standard InChI is InChI=1S/C10H11ClFN3O/c1-15(3-2-4-16)10-8(12)5-7(6-13)9(11)14-10/h5,16H,2-4H2,1H3. The predicted octanol–water partition coefficient (Wildman–Crippen LogP) is 1.56. The fourth-order valence-electron chi connectivity index (χ4n) is 1.22. The van der Waals surface area contributed by atoms with Gasteiger partial charge in [-0.05, 0) is 12.5 Å². The van der Waals surface area contributed by atoms with Gasteiger partial charge in [0.1, 0.15) is 11.2 Å². The number of anilines is 1. The molecule has 0 unspecified atom stereocenters. The highest BCUT2D eigenvalue weighted by Gasteiger charge is 2.13. The summed E-state index contributed by atoms with van der Waals surface area (Å²) in [4.78, 5) is 5.35. The summed E-state index contributed by atoms with van der Waals surface area (Å²) in [5.41, 5.74) is 0.0125. The number of halogens is 2. The van der Waals surface area contributed by atoms with Gasteiger partial charge in [0.05, 0.1) is 5.56 Å². The molecule has 0 atom stereocenters. The maximum absolute atomic E-state index is 13.5. The van der Waals surface area contributed by atoms with E-state index in [1.807, 2.05) is 0 Å². The van der Waals surface area contributed by atoms with Gasteiger partial charge in [-0.25, -0.2) is 9.37 Å². The lowest BCUT2D eigenvalue weighted by molar-refractivity contribution is 0.290. The molecule has 6 heteroatoms. The summed E-state index contributed by atoms with van der Waals surface area (Å²) in [6, 6.07) is 2.81. The van der Waals surface area contributed by atoms with Crippen LogP contribution in [-0.2, 0) is 0 Å². The van der Waals surface area contributed by atoms with E-state index in [4.69, 9.17) is 22.0 Å². The van der Waals surface area contributed by atoms with Crippen LogP contribution in [0.1, 0.15) is 12.0 Å². The molecule has 0 aliphatic carbocycles. The second-order valence-corrected chi connectivity index (χ2v) is 3.60. The van der Waals surface area contributed by atoms with Crippen molar-refractivity contribution >= 4 is 17.4 Å². The average Bonchev–Trinajstić information content (AvgIpc) is 2.28. The molecule has 0 fully saturated rings. The van der Waals surface area contributed by atoms with Crippen molar-refractivity contribution in [3.63, 3.8) is 0 Å². The number of nitriles is 1. The molecule has 0 spiro atoms. The highest BCUT2D eigenvalue weighted by molar-refractivity contribution is 6.30. The van der Waals surface area contributed by atoms with Gasteiger partial charge in [-0.2, -0.15) is 5.26 Å². The van der Waals surface area contributed by atoms with Gasteiger partial charge in [-0.1, -0.05) is 11.6 Å². The zero-order valence-electron chi connectivity index (χ0n) is 8.74. The molecule has 1 aromatic heterocycles. The highest BCUT2D eigenvalue weighted by Crippen LogP contribution is 2.21. The molecule has 0 aromatic carbocycles. The van der Waals surface area contributed by atoms with Gasteiger partial charge < -0.3 is 10.0 Å². The summed E-state index contributed by atoms with van der Waals surface area (Å²) in [6.45, 7) is 0.485. The summed E-state index contributed by atoms with van der Waals surface area (Å²) in [5, 5.41) is 17.3. The Labute approximate surface area is 97.9 Å². The number of aliphatic hydroxyl groups is 1. The first-order chi connectivity index (χ1) is 7.60. The van der Waals surface area contributed by atoms with Gasteiger partial charge in [0.25, 0.3) is 0 Å². The Balaban J connectivity index is 2.97. The third-order valence-corrected chi connectivity index (χ3v) is 2.33. The van der Waals surface area contributed by atoms with Crippen molar-refractivity contribution in [3.8, 4) is 6.07 Å². The van der Waals surface area contributed by atoms with Crippen LogP contribution in [0.15, 0.2) is 6.07 Å². The zero-order chi connectivity index (χ0) is 12.1. The molecule has 0 aliphatic rings. The number of nitrogens with zero attached hydrogens (tertiary/aromatic N) is 3. The lowest BCUT2D eigenvalue weighted by Gasteiger charge is -2.18. The molecule has 1 N–H and O–H groups in total. The second-order valence-electron chi connectivity index (χ2n) is 3.24. The minimum Gasteiger partial charge on any atom is -0.396 e. The van der Waals surface area contributed by atoms with Crippen LogP contribution in [0.2, 0.25) is 5.15 Å². The normalized spacial score (nSPS) is 9.94. The van der Waals surface area contributed by atoms with Gasteiger partial charge >= 0.3 is 0 Å². The first-order valence-corrected chi connectivity index (χ1v) is 5.06. The molecule has 0 bridgehead atoms. The van der Waals surface area contributed by atoms with Crippen LogP contribution in [0.5, 0.6) is 0 Å². The minimum absolute atomic E-state index is 0.0125. The maximum Gasteiger partial charge on any atom is 0.167 e. The number of aliphatic hydroxyl groups excluding tert-OH is 1. The zero-order valence-corrected chi connectivity index (χ0v) is 9.50. The summed E-state index contributed by atoms with van der Waals surface area (Å²) < 4.78 is 13.5. The number of aromatic nitrogens is 1. The molecule has 0 aliphatic heterocycles. The SMILES string of the molecule is CN(CCCO)c1nc(Cl)c(C#N)cc1F. The quantitative estimate of drug-likeness (QED) is 0.816. The Morgan fingerprint density at radius 1 is 1.69 bits per heavy atom. The summed E-state index contributed by atoms with van der Waals surface area (Å²) in [5.74, 6) is -0.515. The topological polar surface area (TPSA) is 60.1 Å². The van der Waals surface area contributed by atoms with E-state index in [1.54, 1.807) is 18.0 Å². The van der Waals surface area contributed by atoms with E-state index in [-0.39, 0.29) is 23.1 Å². The van der Waals surface area contributed by atoms with Crippen LogP contribution in [0.25, 0.3) is 0 Å². The number of rotatable bonds is 4. The summed E-state index contributed by atoms with van der Waals surface area (Å²) in [6.07, 6.45) is 0.509. The first kappa shape index (κ1) is 12.7. The van der Waals surface area contributed by atoms with Crippen molar-refractivity contribution in [1.29, 1.82) is 5.26 Å². The van der Waals surface area contributed by atoms with Gasteiger partial charge in [0.2, 0.25) is 0 Å². The van der Waals surface area contributed by atoms with Crippen LogP contribution in [0.4, 0.5) is 10.2 Å².